The topological polar surface area (TPSA) is 82.0 Å². The molecule has 2 N–H and O–H groups in total. The number of amides is 2. The van der Waals surface area contributed by atoms with Crippen LogP contribution in [0, 0.1) is 11.3 Å². The summed E-state index contributed by atoms with van der Waals surface area (Å²) in [7, 11) is 0. The lowest BCUT2D eigenvalue weighted by Crippen LogP contribution is -2.21. The van der Waals surface area contributed by atoms with E-state index in [9.17, 15) is 9.59 Å². The van der Waals surface area contributed by atoms with Crippen molar-refractivity contribution in [2.75, 3.05) is 5.32 Å². The van der Waals surface area contributed by atoms with E-state index in [2.05, 4.69) is 10.6 Å². The zero-order valence-corrected chi connectivity index (χ0v) is 12.4. The lowest BCUT2D eigenvalue weighted by Gasteiger charge is -2.07. The fraction of sp³-hybridized carbons (Fsp3) is 0.353. The van der Waals surface area contributed by atoms with Crippen molar-refractivity contribution in [2.24, 2.45) is 0 Å². The number of nitrogens with zero attached hydrogens (tertiary/aromatic N) is 1. The maximum atomic E-state index is 11.8. The van der Waals surface area contributed by atoms with Crippen molar-refractivity contribution in [2.45, 2.75) is 38.6 Å². The molecule has 22 heavy (non-hydrogen) atoms. The van der Waals surface area contributed by atoms with Crippen LogP contribution in [0.15, 0.2) is 35.9 Å². The minimum Gasteiger partial charge on any atom is -0.348 e. The fourth-order valence-electron chi connectivity index (χ4n) is 2.44. The number of anilines is 1. The van der Waals surface area contributed by atoms with E-state index in [1.54, 1.807) is 30.3 Å². The molecule has 0 aromatic heterocycles. The Kier molecular flexibility index (Phi) is 5.73. The van der Waals surface area contributed by atoms with Gasteiger partial charge in [-0.2, -0.15) is 5.26 Å². The van der Waals surface area contributed by atoms with Crippen LogP contribution < -0.4 is 10.6 Å². The number of allylic oxidation sites excluding steroid dienone is 1. The van der Waals surface area contributed by atoms with Crippen LogP contribution in [0.4, 0.5) is 5.69 Å². The highest BCUT2D eigenvalue weighted by Gasteiger charge is 2.08. The van der Waals surface area contributed by atoms with Crippen molar-refractivity contribution in [3.8, 4) is 6.07 Å². The summed E-state index contributed by atoms with van der Waals surface area (Å²) in [6, 6.07) is 9.02. The molecular formula is C17H19N3O2. The molecule has 0 atom stereocenters. The molecule has 114 valence electrons. The van der Waals surface area contributed by atoms with Crippen molar-refractivity contribution < 1.29 is 9.59 Å². The highest BCUT2D eigenvalue weighted by molar-refractivity contribution is 5.92. The van der Waals surface area contributed by atoms with Crippen molar-refractivity contribution in [3.05, 3.63) is 41.5 Å². The van der Waals surface area contributed by atoms with Crippen molar-refractivity contribution in [1.82, 2.24) is 5.32 Å². The third-order valence-corrected chi connectivity index (χ3v) is 3.50. The van der Waals surface area contributed by atoms with E-state index in [-0.39, 0.29) is 18.2 Å². The molecule has 0 saturated heterocycles. The summed E-state index contributed by atoms with van der Waals surface area (Å²) in [5, 5.41) is 14.0. The number of nitrogens with one attached hydrogen (secondary N) is 2. The monoisotopic (exact) mass is 297 g/mol. The molecule has 1 aliphatic rings. The average molecular weight is 297 g/mol. The first-order valence-electron chi connectivity index (χ1n) is 7.40. The predicted octanol–water partition coefficient (Wildman–Crippen LogP) is 2.66. The Morgan fingerprint density at radius 1 is 1.27 bits per heavy atom. The van der Waals surface area contributed by atoms with Gasteiger partial charge in [0, 0.05) is 18.3 Å². The summed E-state index contributed by atoms with van der Waals surface area (Å²) < 4.78 is 0. The van der Waals surface area contributed by atoms with Gasteiger partial charge in [0.1, 0.15) is 6.42 Å². The number of rotatable bonds is 5. The first-order chi connectivity index (χ1) is 10.7. The van der Waals surface area contributed by atoms with Gasteiger partial charge >= 0.3 is 0 Å². The quantitative estimate of drug-likeness (QED) is 0.820. The van der Waals surface area contributed by atoms with Gasteiger partial charge < -0.3 is 10.6 Å². The summed E-state index contributed by atoms with van der Waals surface area (Å²) in [5.41, 5.74) is 2.74. The van der Waals surface area contributed by atoms with E-state index in [0.29, 0.717) is 12.2 Å². The molecule has 1 aromatic carbocycles. The summed E-state index contributed by atoms with van der Waals surface area (Å²) in [6.07, 6.45) is 5.91. The molecule has 1 aromatic rings. The number of carbonyl (C=O) groups excluding carboxylic acids is 2. The number of nitriles is 1. The maximum absolute atomic E-state index is 11.8. The standard InChI is InChI=1S/C17H19N3O2/c18-9-8-16(21)20-15-7-3-6-14(10-15)12-19-17(22)11-13-4-1-2-5-13/h3,6-7,10-11H,1-2,4-5,8,12H2,(H,19,22)(H,20,21). The molecule has 5 nitrogen and oxygen atoms in total. The summed E-state index contributed by atoms with van der Waals surface area (Å²) in [5.74, 6) is -0.412. The molecule has 0 unspecified atom stereocenters. The van der Waals surface area contributed by atoms with Gasteiger partial charge in [-0.05, 0) is 43.4 Å². The molecule has 1 aliphatic carbocycles. The molecule has 0 spiro atoms. The van der Waals surface area contributed by atoms with Gasteiger partial charge in [0.25, 0.3) is 0 Å². The van der Waals surface area contributed by atoms with Crippen LogP contribution in [0.1, 0.15) is 37.7 Å². The van der Waals surface area contributed by atoms with Gasteiger partial charge in [0.2, 0.25) is 11.8 Å². The number of carbonyl (C=O) groups is 2. The molecule has 0 heterocycles. The van der Waals surface area contributed by atoms with Crippen LogP contribution in [0.25, 0.3) is 0 Å². The highest BCUT2D eigenvalue weighted by Crippen LogP contribution is 2.23. The van der Waals surface area contributed by atoms with Crippen LogP contribution in [0.3, 0.4) is 0 Å². The second kappa shape index (κ2) is 7.99. The Labute approximate surface area is 130 Å². The van der Waals surface area contributed by atoms with Crippen LogP contribution >= 0.6 is 0 Å². The molecule has 5 heteroatoms. The van der Waals surface area contributed by atoms with Gasteiger partial charge in [0.05, 0.1) is 6.07 Å². The Morgan fingerprint density at radius 3 is 2.77 bits per heavy atom. The first kappa shape index (κ1) is 15.8. The van der Waals surface area contributed by atoms with Gasteiger partial charge in [-0.1, -0.05) is 17.7 Å². The van der Waals surface area contributed by atoms with E-state index in [4.69, 9.17) is 5.26 Å². The minimum atomic E-state index is -0.338. The summed E-state index contributed by atoms with van der Waals surface area (Å²) >= 11 is 0. The van der Waals surface area contributed by atoms with Gasteiger partial charge in [0.15, 0.2) is 0 Å². The first-order valence-corrected chi connectivity index (χ1v) is 7.40. The predicted molar refractivity (Wildman–Crippen MR) is 83.7 cm³/mol. The summed E-state index contributed by atoms with van der Waals surface area (Å²) in [4.78, 5) is 23.2. The molecule has 0 bridgehead atoms. The van der Waals surface area contributed by atoms with E-state index in [1.165, 1.54) is 18.4 Å². The van der Waals surface area contributed by atoms with Crippen molar-refractivity contribution in [1.29, 1.82) is 5.26 Å². The molecule has 2 rings (SSSR count). The Hall–Kier alpha value is -2.61. The highest BCUT2D eigenvalue weighted by atomic mass is 16.2. The third-order valence-electron chi connectivity index (χ3n) is 3.50. The molecule has 0 radical (unpaired) electrons. The van der Waals surface area contributed by atoms with E-state index >= 15 is 0 Å². The number of hydrogen-bond acceptors (Lipinski definition) is 3. The maximum Gasteiger partial charge on any atom is 0.244 e. The van der Waals surface area contributed by atoms with Crippen molar-refractivity contribution >= 4 is 17.5 Å². The Balaban J connectivity index is 1.87. The molecule has 1 fully saturated rings. The average Bonchev–Trinajstić information content (AvgIpc) is 2.98. The zero-order valence-electron chi connectivity index (χ0n) is 12.4. The SMILES string of the molecule is N#CCC(=O)Nc1cccc(CNC(=O)C=C2CCCC2)c1. The largest absolute Gasteiger partial charge is 0.348 e. The van der Waals surface area contributed by atoms with E-state index < -0.39 is 0 Å². The lowest BCUT2D eigenvalue weighted by atomic mass is 10.2. The second-order valence-electron chi connectivity index (χ2n) is 5.31. The molecule has 2 amide bonds. The van der Waals surface area contributed by atoms with Crippen LogP contribution in [0.2, 0.25) is 0 Å². The van der Waals surface area contributed by atoms with Gasteiger partial charge in [-0.3, -0.25) is 9.59 Å². The molecule has 0 aliphatic heterocycles. The van der Waals surface area contributed by atoms with E-state index in [1.807, 2.05) is 6.07 Å². The lowest BCUT2D eigenvalue weighted by molar-refractivity contribution is -0.117. The zero-order chi connectivity index (χ0) is 15.8. The fourth-order valence-corrected chi connectivity index (χ4v) is 2.44. The van der Waals surface area contributed by atoms with Gasteiger partial charge in [-0.25, -0.2) is 0 Å². The van der Waals surface area contributed by atoms with Crippen LogP contribution in [-0.4, -0.2) is 11.8 Å². The summed E-state index contributed by atoms with van der Waals surface area (Å²) in [6.45, 7) is 0.407. The minimum absolute atomic E-state index is 0.0733. The van der Waals surface area contributed by atoms with E-state index in [0.717, 1.165) is 18.4 Å². The van der Waals surface area contributed by atoms with Crippen molar-refractivity contribution in [3.63, 3.8) is 0 Å². The third kappa shape index (κ3) is 5.06. The normalized spacial score (nSPS) is 13.3. The number of benzene rings is 1. The molecular weight excluding hydrogens is 278 g/mol. The number of hydrogen-bond donors (Lipinski definition) is 2. The Bertz CT molecular complexity index is 621. The van der Waals surface area contributed by atoms with Crippen LogP contribution in [0.5, 0.6) is 0 Å². The molecule has 1 saturated carbocycles. The Morgan fingerprint density at radius 2 is 2.05 bits per heavy atom. The van der Waals surface area contributed by atoms with Gasteiger partial charge in [-0.15, -0.1) is 0 Å². The smallest absolute Gasteiger partial charge is 0.244 e. The van der Waals surface area contributed by atoms with Crippen LogP contribution in [-0.2, 0) is 16.1 Å². The second-order valence-corrected chi connectivity index (χ2v) is 5.31.